The summed E-state index contributed by atoms with van der Waals surface area (Å²) in [5.74, 6) is 0.0514. The summed E-state index contributed by atoms with van der Waals surface area (Å²) in [6.45, 7) is 2.51. The van der Waals surface area contributed by atoms with Gasteiger partial charge in [0.15, 0.2) is 6.29 Å². The second kappa shape index (κ2) is 8.67. The van der Waals surface area contributed by atoms with Crippen molar-refractivity contribution in [2.24, 2.45) is 5.92 Å². The highest BCUT2D eigenvalue weighted by Gasteiger charge is 2.69. The molecule has 2 aromatic rings. The number of aliphatic hydroxyl groups excluding tert-OH is 4. The number of hydrogen-bond acceptors (Lipinski definition) is 7. The number of benzene rings is 2. The third kappa shape index (κ3) is 4.19. The Balaban J connectivity index is 1.58. The zero-order valence-electron chi connectivity index (χ0n) is 17.1. The van der Waals surface area contributed by atoms with Gasteiger partial charge in [0.25, 0.3) is 0 Å². The molecule has 0 radical (unpaired) electrons. The van der Waals surface area contributed by atoms with Gasteiger partial charge in [-0.2, -0.15) is 0 Å². The largest absolute Gasteiger partial charge is 0.494 e. The predicted molar refractivity (Wildman–Crippen MR) is 113 cm³/mol. The number of rotatable bonds is 6. The van der Waals surface area contributed by atoms with Crippen molar-refractivity contribution in [1.82, 2.24) is 0 Å². The van der Waals surface area contributed by atoms with Gasteiger partial charge in [-0.05, 0) is 54.7 Å². The molecule has 1 heterocycles. The molecule has 1 aliphatic heterocycles. The average Bonchev–Trinajstić information content (AvgIpc) is 3.48. The highest BCUT2D eigenvalue weighted by Crippen LogP contribution is 2.57. The Bertz CT molecular complexity index is 919. The zero-order valence-corrected chi connectivity index (χ0v) is 17.8. The molecule has 31 heavy (non-hydrogen) atoms. The van der Waals surface area contributed by atoms with Crippen LogP contribution in [-0.4, -0.2) is 62.3 Å². The van der Waals surface area contributed by atoms with Crippen molar-refractivity contribution in [2.45, 2.75) is 56.1 Å². The van der Waals surface area contributed by atoms with Gasteiger partial charge in [0, 0.05) is 10.9 Å². The fraction of sp³-hybridized carbons (Fsp3) is 0.478. The molecule has 0 amide bonds. The molecule has 1 saturated heterocycles. The van der Waals surface area contributed by atoms with Crippen molar-refractivity contribution in [3.05, 3.63) is 64.2 Å². The molecule has 6 atom stereocenters. The van der Waals surface area contributed by atoms with E-state index >= 15 is 0 Å². The van der Waals surface area contributed by atoms with Crippen LogP contribution in [0, 0.1) is 5.92 Å². The van der Waals surface area contributed by atoms with E-state index in [1.165, 1.54) is 0 Å². The quantitative estimate of drug-likeness (QED) is 0.423. The average molecular weight is 451 g/mol. The van der Waals surface area contributed by atoms with Gasteiger partial charge in [-0.1, -0.05) is 35.9 Å². The molecule has 5 N–H and O–H groups in total. The second-order valence-corrected chi connectivity index (χ2v) is 8.66. The zero-order chi connectivity index (χ0) is 22.3. The van der Waals surface area contributed by atoms with Gasteiger partial charge in [-0.25, -0.2) is 0 Å². The first-order chi connectivity index (χ1) is 14.8. The first kappa shape index (κ1) is 22.5. The highest BCUT2D eigenvalue weighted by atomic mass is 35.5. The minimum atomic E-state index is -1.68. The molecule has 4 rings (SSSR count). The van der Waals surface area contributed by atoms with E-state index in [-0.39, 0.29) is 6.42 Å². The van der Waals surface area contributed by atoms with Gasteiger partial charge in [0.1, 0.15) is 35.8 Å². The molecule has 2 aliphatic rings. The van der Waals surface area contributed by atoms with E-state index in [4.69, 9.17) is 21.1 Å². The summed E-state index contributed by atoms with van der Waals surface area (Å²) in [5.41, 5.74) is 1.11. The van der Waals surface area contributed by atoms with Crippen LogP contribution in [0.15, 0.2) is 42.5 Å². The number of ether oxygens (including phenoxy) is 2. The van der Waals surface area contributed by atoms with E-state index in [0.717, 1.165) is 16.9 Å². The molecule has 1 spiro atoms. The summed E-state index contributed by atoms with van der Waals surface area (Å²) in [6.07, 6.45) is -6.18. The molecule has 2 fully saturated rings. The Labute approximate surface area is 185 Å². The Morgan fingerprint density at radius 3 is 2.42 bits per heavy atom. The minimum Gasteiger partial charge on any atom is -0.494 e. The van der Waals surface area contributed by atoms with Gasteiger partial charge in [-0.15, -0.1) is 0 Å². The molecule has 0 aromatic heterocycles. The SMILES string of the molecule is CCOc1ccc(Cc2cc([C@@H]3OC4(CC4C(O)O)[C@@H](O)[C@H](O)[C@H]3O)ccc2Cl)cc1. The third-order valence-electron chi connectivity index (χ3n) is 6.22. The summed E-state index contributed by atoms with van der Waals surface area (Å²) in [4.78, 5) is 0. The topological polar surface area (TPSA) is 120 Å². The molecule has 168 valence electrons. The number of hydrogen-bond donors (Lipinski definition) is 5. The van der Waals surface area contributed by atoms with E-state index in [9.17, 15) is 25.5 Å². The van der Waals surface area contributed by atoms with Crippen LogP contribution in [0.1, 0.15) is 36.1 Å². The molecule has 0 bridgehead atoms. The van der Waals surface area contributed by atoms with E-state index < -0.39 is 42.2 Å². The Hall–Kier alpha value is -1.71. The predicted octanol–water partition coefficient (Wildman–Crippen LogP) is 1.55. The molecular formula is C23H27ClO7. The van der Waals surface area contributed by atoms with Crippen molar-refractivity contribution in [1.29, 1.82) is 0 Å². The van der Waals surface area contributed by atoms with Gasteiger partial charge in [-0.3, -0.25) is 0 Å². The lowest BCUT2D eigenvalue weighted by Gasteiger charge is -2.42. The summed E-state index contributed by atoms with van der Waals surface area (Å²) in [6, 6.07) is 12.9. The Kier molecular flexibility index (Phi) is 6.29. The van der Waals surface area contributed by atoms with Crippen molar-refractivity contribution < 1.29 is 35.0 Å². The van der Waals surface area contributed by atoms with Crippen molar-refractivity contribution >= 4 is 11.6 Å². The van der Waals surface area contributed by atoms with Crippen molar-refractivity contribution in [3.8, 4) is 5.75 Å². The highest BCUT2D eigenvalue weighted by molar-refractivity contribution is 6.31. The molecule has 1 saturated carbocycles. The maximum absolute atomic E-state index is 10.6. The first-order valence-corrected chi connectivity index (χ1v) is 10.7. The van der Waals surface area contributed by atoms with E-state index in [2.05, 4.69) is 0 Å². The van der Waals surface area contributed by atoms with Crippen LogP contribution in [0.2, 0.25) is 5.02 Å². The standard InChI is InChI=1S/C23H27ClO7/c1-2-30-15-6-3-12(4-7-15)9-14-10-13(5-8-17(14)24)20-18(25)19(26)21(27)23(31-20)11-16(23)22(28)29/h3-8,10,16,18-22,25-29H,2,9,11H2,1H3/t16?,18-,19-,20+,21+,23?/m1/s1. The van der Waals surface area contributed by atoms with Crippen molar-refractivity contribution in [3.63, 3.8) is 0 Å². The summed E-state index contributed by atoms with van der Waals surface area (Å²) in [5, 5.41) is 51.0. The van der Waals surface area contributed by atoms with Gasteiger partial charge >= 0.3 is 0 Å². The molecule has 1 aliphatic carbocycles. The maximum atomic E-state index is 10.6. The summed E-state index contributed by atoms with van der Waals surface area (Å²) >= 11 is 6.40. The molecule has 7 nitrogen and oxygen atoms in total. The lowest BCUT2D eigenvalue weighted by Crippen LogP contribution is -2.57. The van der Waals surface area contributed by atoms with E-state index in [1.54, 1.807) is 18.2 Å². The molecule has 2 aromatic carbocycles. The first-order valence-electron chi connectivity index (χ1n) is 10.3. The minimum absolute atomic E-state index is 0.179. The van der Waals surface area contributed by atoms with Crippen LogP contribution in [-0.2, 0) is 11.2 Å². The summed E-state index contributed by atoms with van der Waals surface area (Å²) < 4.78 is 11.5. The van der Waals surface area contributed by atoms with Crippen LogP contribution >= 0.6 is 11.6 Å². The van der Waals surface area contributed by atoms with E-state index in [1.807, 2.05) is 31.2 Å². The molecular weight excluding hydrogens is 424 g/mol. The lowest BCUT2D eigenvalue weighted by atomic mass is 9.88. The number of aliphatic hydroxyl groups is 5. The third-order valence-corrected chi connectivity index (χ3v) is 6.59. The van der Waals surface area contributed by atoms with Crippen LogP contribution in [0.3, 0.4) is 0 Å². The summed E-state index contributed by atoms with van der Waals surface area (Å²) in [7, 11) is 0. The van der Waals surface area contributed by atoms with E-state index in [0.29, 0.717) is 23.6 Å². The fourth-order valence-electron chi connectivity index (χ4n) is 4.41. The normalized spacial score (nSPS) is 32.5. The lowest BCUT2D eigenvalue weighted by molar-refractivity contribution is -0.249. The Morgan fingerprint density at radius 2 is 1.81 bits per heavy atom. The van der Waals surface area contributed by atoms with Gasteiger partial charge in [0.05, 0.1) is 6.61 Å². The van der Waals surface area contributed by atoms with Gasteiger partial charge < -0.3 is 35.0 Å². The second-order valence-electron chi connectivity index (χ2n) is 8.25. The van der Waals surface area contributed by atoms with Crippen LogP contribution in [0.4, 0.5) is 0 Å². The number of halogens is 1. The van der Waals surface area contributed by atoms with Crippen LogP contribution in [0.5, 0.6) is 5.75 Å². The smallest absolute Gasteiger partial charge is 0.157 e. The van der Waals surface area contributed by atoms with Crippen LogP contribution in [0.25, 0.3) is 0 Å². The molecule has 8 heteroatoms. The molecule has 2 unspecified atom stereocenters. The Morgan fingerprint density at radius 1 is 1.10 bits per heavy atom. The van der Waals surface area contributed by atoms with Gasteiger partial charge in [0.2, 0.25) is 0 Å². The van der Waals surface area contributed by atoms with Crippen LogP contribution < -0.4 is 4.74 Å². The van der Waals surface area contributed by atoms with Crippen molar-refractivity contribution in [2.75, 3.05) is 6.61 Å². The fourth-order valence-corrected chi connectivity index (χ4v) is 4.60. The monoisotopic (exact) mass is 450 g/mol. The maximum Gasteiger partial charge on any atom is 0.157 e.